The molecule has 0 atom stereocenters. The smallest absolute Gasteiger partial charge is 0.276 e. The lowest BCUT2D eigenvalue weighted by atomic mass is 10.1. The number of amides is 1. The average Bonchev–Trinajstić information content (AvgIpc) is 2.51. The monoisotopic (exact) mass is 326 g/mol. The van der Waals surface area contributed by atoms with Crippen LogP contribution in [-0.2, 0) is 4.79 Å². The number of phenolic OH excluding ortho intramolecular Hbond substituents is 1. The molecule has 0 aliphatic carbocycles. The highest BCUT2D eigenvalue weighted by atomic mass is 79.9. The lowest BCUT2D eigenvalue weighted by Gasteiger charge is -2.11. The van der Waals surface area contributed by atoms with Gasteiger partial charge in [0.05, 0.1) is 0 Å². The first-order chi connectivity index (χ1) is 8.41. The summed E-state index contributed by atoms with van der Waals surface area (Å²) in [5, 5.41) is 10.2. The zero-order chi connectivity index (χ0) is 13.4. The van der Waals surface area contributed by atoms with E-state index in [0.717, 1.165) is 4.47 Å². The number of benzene rings is 1. The molecule has 1 aromatic carbocycles. The normalized spacial score (nSPS) is 18.1. The molecule has 2 rings (SSSR count). The van der Waals surface area contributed by atoms with Crippen LogP contribution in [0, 0.1) is 0 Å². The van der Waals surface area contributed by atoms with Gasteiger partial charge in [-0.2, -0.15) is 0 Å². The molecule has 0 bridgehead atoms. The Hall–Kier alpha value is -1.40. The Morgan fingerprint density at radius 1 is 1.33 bits per heavy atom. The highest BCUT2D eigenvalue weighted by Gasteiger charge is 2.32. The molecule has 1 aromatic rings. The molecule has 94 valence electrons. The molecular formula is C12H11BrN2O2S. The molecule has 0 saturated carbocycles. The summed E-state index contributed by atoms with van der Waals surface area (Å²) in [4.78, 5) is 15.0. The summed E-state index contributed by atoms with van der Waals surface area (Å²) in [6.07, 6.45) is 1.62. The molecule has 1 aliphatic heterocycles. The van der Waals surface area contributed by atoms with Gasteiger partial charge in [0.2, 0.25) is 0 Å². The second-order valence-corrected chi connectivity index (χ2v) is 5.22. The molecule has 1 fully saturated rings. The molecule has 1 heterocycles. The zero-order valence-electron chi connectivity index (χ0n) is 9.85. The summed E-state index contributed by atoms with van der Waals surface area (Å²) in [6.45, 7) is 0. The van der Waals surface area contributed by atoms with Gasteiger partial charge in [-0.05, 0) is 36.5 Å². The summed E-state index contributed by atoms with van der Waals surface area (Å²) >= 11 is 8.44. The van der Waals surface area contributed by atoms with Gasteiger partial charge in [-0.25, -0.2) is 0 Å². The number of carbonyl (C=O) groups excluding carboxylic acids is 1. The fourth-order valence-electron chi connectivity index (χ4n) is 1.68. The van der Waals surface area contributed by atoms with Crippen molar-refractivity contribution >= 4 is 45.2 Å². The standard InChI is InChI=1S/C12H11BrN2O2S/c1-14-9(11(17)15(2)12(14)18)6-7-5-8(13)3-4-10(7)16/h3-6,16H,1-2H3/b9-6+. The van der Waals surface area contributed by atoms with Crippen LogP contribution in [0.25, 0.3) is 6.08 Å². The number of hydrogen-bond donors (Lipinski definition) is 1. The molecule has 1 aliphatic rings. The topological polar surface area (TPSA) is 43.8 Å². The maximum Gasteiger partial charge on any atom is 0.276 e. The van der Waals surface area contributed by atoms with Crippen LogP contribution >= 0.6 is 28.1 Å². The van der Waals surface area contributed by atoms with Crippen LogP contribution < -0.4 is 0 Å². The lowest BCUT2D eigenvalue weighted by Crippen LogP contribution is -2.26. The Kier molecular flexibility index (Phi) is 3.41. The van der Waals surface area contributed by atoms with E-state index in [0.29, 0.717) is 16.4 Å². The van der Waals surface area contributed by atoms with Gasteiger partial charge in [0.15, 0.2) is 5.11 Å². The van der Waals surface area contributed by atoms with Gasteiger partial charge in [-0.1, -0.05) is 15.9 Å². The lowest BCUT2D eigenvalue weighted by molar-refractivity contribution is -0.121. The summed E-state index contributed by atoms with van der Waals surface area (Å²) in [5.74, 6) is -0.0609. The summed E-state index contributed by atoms with van der Waals surface area (Å²) in [5.41, 5.74) is 1.01. The van der Waals surface area contributed by atoms with E-state index in [9.17, 15) is 9.90 Å². The minimum absolute atomic E-state index is 0.118. The van der Waals surface area contributed by atoms with E-state index in [1.165, 1.54) is 4.90 Å². The Bertz CT molecular complexity index is 571. The van der Waals surface area contributed by atoms with E-state index < -0.39 is 0 Å². The number of aromatic hydroxyl groups is 1. The molecule has 18 heavy (non-hydrogen) atoms. The third-order valence-electron chi connectivity index (χ3n) is 2.74. The van der Waals surface area contributed by atoms with Gasteiger partial charge in [0.1, 0.15) is 11.4 Å². The van der Waals surface area contributed by atoms with Gasteiger partial charge >= 0.3 is 0 Å². The Morgan fingerprint density at radius 2 is 2.00 bits per heavy atom. The quantitative estimate of drug-likeness (QED) is 0.634. The number of thiocarbonyl (C=S) groups is 1. The molecule has 4 nitrogen and oxygen atoms in total. The molecule has 0 radical (unpaired) electrons. The zero-order valence-corrected chi connectivity index (χ0v) is 12.2. The summed E-state index contributed by atoms with van der Waals surface area (Å²) < 4.78 is 0.830. The van der Waals surface area contributed by atoms with Gasteiger partial charge in [-0.15, -0.1) is 0 Å². The van der Waals surface area contributed by atoms with Crippen molar-refractivity contribution in [3.63, 3.8) is 0 Å². The van der Waals surface area contributed by atoms with E-state index in [-0.39, 0.29) is 11.7 Å². The maximum absolute atomic E-state index is 12.0. The first kappa shape index (κ1) is 13.0. The number of rotatable bonds is 1. The van der Waals surface area contributed by atoms with Crippen molar-refractivity contribution in [2.45, 2.75) is 0 Å². The second kappa shape index (κ2) is 4.70. The van der Waals surface area contributed by atoms with Crippen LogP contribution in [0.15, 0.2) is 28.4 Å². The van der Waals surface area contributed by atoms with Crippen LogP contribution in [0.2, 0.25) is 0 Å². The third-order valence-corrected chi connectivity index (χ3v) is 3.78. The van der Waals surface area contributed by atoms with E-state index in [1.54, 1.807) is 43.3 Å². The SMILES string of the molecule is CN1C(=O)/C(=C\c2cc(Br)ccc2O)N(C)C1=S. The average molecular weight is 327 g/mol. The number of phenols is 1. The highest BCUT2D eigenvalue weighted by Crippen LogP contribution is 2.27. The van der Waals surface area contributed by atoms with E-state index in [4.69, 9.17) is 12.2 Å². The van der Waals surface area contributed by atoms with Crippen molar-refractivity contribution in [1.29, 1.82) is 0 Å². The van der Waals surface area contributed by atoms with Crippen LogP contribution in [0.1, 0.15) is 5.56 Å². The number of carbonyl (C=O) groups is 1. The van der Waals surface area contributed by atoms with Gasteiger partial charge in [0.25, 0.3) is 5.91 Å². The molecule has 0 unspecified atom stereocenters. The Morgan fingerprint density at radius 3 is 2.56 bits per heavy atom. The minimum atomic E-state index is -0.179. The van der Waals surface area contributed by atoms with Crippen molar-refractivity contribution in [3.05, 3.63) is 33.9 Å². The van der Waals surface area contributed by atoms with Crippen molar-refractivity contribution in [2.75, 3.05) is 14.1 Å². The predicted molar refractivity (Wildman–Crippen MR) is 76.9 cm³/mol. The fraction of sp³-hybridized carbons (Fsp3) is 0.167. The molecule has 6 heteroatoms. The number of nitrogens with zero attached hydrogens (tertiary/aromatic N) is 2. The first-order valence-corrected chi connectivity index (χ1v) is 6.38. The Labute approximate surface area is 119 Å². The molecule has 1 N–H and O–H groups in total. The van der Waals surface area contributed by atoms with Crippen LogP contribution in [-0.4, -0.2) is 40.0 Å². The maximum atomic E-state index is 12.0. The van der Waals surface area contributed by atoms with Crippen molar-refractivity contribution in [1.82, 2.24) is 9.80 Å². The molecule has 1 amide bonds. The molecular weight excluding hydrogens is 316 g/mol. The van der Waals surface area contributed by atoms with Crippen molar-refractivity contribution in [2.24, 2.45) is 0 Å². The first-order valence-electron chi connectivity index (χ1n) is 5.18. The molecule has 1 saturated heterocycles. The van der Waals surface area contributed by atoms with Crippen LogP contribution in [0.5, 0.6) is 5.75 Å². The fourth-order valence-corrected chi connectivity index (χ4v) is 2.24. The van der Waals surface area contributed by atoms with Crippen molar-refractivity contribution in [3.8, 4) is 5.75 Å². The predicted octanol–water partition coefficient (Wildman–Crippen LogP) is 2.18. The van der Waals surface area contributed by atoms with Gasteiger partial charge in [-0.3, -0.25) is 9.69 Å². The van der Waals surface area contributed by atoms with Gasteiger partial charge in [0, 0.05) is 24.1 Å². The highest BCUT2D eigenvalue weighted by molar-refractivity contribution is 9.10. The third kappa shape index (κ3) is 2.13. The molecule has 0 aromatic heterocycles. The number of hydrogen-bond acceptors (Lipinski definition) is 3. The largest absolute Gasteiger partial charge is 0.507 e. The number of halogens is 1. The minimum Gasteiger partial charge on any atom is -0.507 e. The number of likely N-dealkylation sites (N-methyl/N-ethyl adjacent to an activating group) is 2. The van der Waals surface area contributed by atoms with Crippen LogP contribution in [0.4, 0.5) is 0 Å². The van der Waals surface area contributed by atoms with E-state index in [1.807, 2.05) is 0 Å². The Balaban J connectivity index is 2.48. The van der Waals surface area contributed by atoms with Crippen molar-refractivity contribution < 1.29 is 9.90 Å². The summed E-state index contributed by atoms with van der Waals surface area (Å²) in [7, 11) is 3.35. The molecule has 0 spiro atoms. The summed E-state index contributed by atoms with van der Waals surface area (Å²) in [6, 6.07) is 5.04. The van der Waals surface area contributed by atoms with E-state index >= 15 is 0 Å². The second-order valence-electron chi connectivity index (χ2n) is 3.94. The van der Waals surface area contributed by atoms with Gasteiger partial charge < -0.3 is 10.0 Å². The van der Waals surface area contributed by atoms with Crippen LogP contribution in [0.3, 0.4) is 0 Å². The van der Waals surface area contributed by atoms with E-state index in [2.05, 4.69) is 15.9 Å².